The molecule has 11 nitrogen and oxygen atoms in total. The third kappa shape index (κ3) is 5.40. The van der Waals surface area contributed by atoms with Crippen LogP contribution in [0.4, 0.5) is 5.69 Å². The number of aryl methyl sites for hydroxylation is 2. The van der Waals surface area contributed by atoms with Crippen molar-refractivity contribution in [2.24, 2.45) is 0 Å². The zero-order chi connectivity index (χ0) is 25.7. The monoisotopic (exact) mass is 490 g/mol. The van der Waals surface area contributed by atoms with Crippen molar-refractivity contribution in [1.29, 1.82) is 0 Å². The van der Waals surface area contributed by atoms with Crippen molar-refractivity contribution in [2.75, 3.05) is 18.6 Å². The van der Waals surface area contributed by atoms with Crippen LogP contribution in [0.15, 0.2) is 53.4 Å². The second-order valence-corrected chi connectivity index (χ2v) is 8.13. The van der Waals surface area contributed by atoms with Crippen molar-refractivity contribution in [3.8, 4) is 0 Å². The molecule has 0 aliphatic heterocycles. The van der Waals surface area contributed by atoms with Gasteiger partial charge in [0.25, 0.3) is 17.6 Å². The largest absolute Gasteiger partial charge is 0.467 e. The van der Waals surface area contributed by atoms with Crippen LogP contribution < -0.4 is 10.2 Å². The Balaban J connectivity index is 1.33. The average molecular weight is 491 g/mol. The van der Waals surface area contributed by atoms with E-state index in [1.54, 1.807) is 40.9 Å². The number of carbonyl (C=O) groups is 3. The summed E-state index contributed by atoms with van der Waals surface area (Å²) < 4.78 is 12.1. The van der Waals surface area contributed by atoms with Gasteiger partial charge in [0.1, 0.15) is 12.1 Å². The molecule has 4 rings (SSSR count). The van der Waals surface area contributed by atoms with Crippen LogP contribution in [0.25, 0.3) is 5.78 Å². The molecule has 3 heterocycles. The molecule has 2 amide bonds. The van der Waals surface area contributed by atoms with Gasteiger partial charge >= 0.3 is 5.97 Å². The van der Waals surface area contributed by atoms with Gasteiger partial charge in [-0.3, -0.25) is 14.4 Å². The van der Waals surface area contributed by atoms with Crippen molar-refractivity contribution < 1.29 is 23.5 Å². The lowest BCUT2D eigenvalue weighted by Gasteiger charge is -2.20. The van der Waals surface area contributed by atoms with Crippen molar-refractivity contribution in [2.45, 2.75) is 33.2 Å². The summed E-state index contributed by atoms with van der Waals surface area (Å²) in [5.41, 5.74) is 3.20. The number of esters is 1. The maximum absolute atomic E-state index is 12.7. The lowest BCUT2D eigenvalue weighted by Crippen LogP contribution is -2.33. The van der Waals surface area contributed by atoms with E-state index in [4.69, 9.17) is 9.15 Å². The Labute approximate surface area is 207 Å². The number of para-hydroxylation sites is 1. The highest BCUT2D eigenvalue weighted by atomic mass is 16.5. The van der Waals surface area contributed by atoms with Gasteiger partial charge in [0.2, 0.25) is 0 Å². The Morgan fingerprint density at radius 1 is 1.14 bits per heavy atom. The quantitative estimate of drug-likeness (QED) is 0.354. The summed E-state index contributed by atoms with van der Waals surface area (Å²) >= 11 is 0. The molecule has 0 unspecified atom stereocenters. The summed E-state index contributed by atoms with van der Waals surface area (Å²) in [6.45, 7) is 3.50. The Hall–Kier alpha value is -4.54. The number of nitrogens with one attached hydrogen (secondary N) is 1. The highest BCUT2D eigenvalue weighted by Crippen LogP contribution is 2.20. The van der Waals surface area contributed by atoms with Crippen LogP contribution in [-0.2, 0) is 27.3 Å². The van der Waals surface area contributed by atoms with Crippen LogP contribution in [0.3, 0.4) is 0 Å². The molecule has 3 aromatic heterocycles. The molecule has 0 atom stereocenters. The lowest BCUT2D eigenvalue weighted by atomic mass is 10.1. The van der Waals surface area contributed by atoms with Crippen molar-refractivity contribution in [3.05, 3.63) is 77.3 Å². The van der Waals surface area contributed by atoms with Gasteiger partial charge in [0.15, 0.2) is 6.61 Å². The van der Waals surface area contributed by atoms with Gasteiger partial charge in [-0.05, 0) is 50.1 Å². The molecule has 0 saturated carbocycles. The second kappa shape index (κ2) is 10.8. The summed E-state index contributed by atoms with van der Waals surface area (Å²) in [5.74, 6) is -0.229. The summed E-state index contributed by atoms with van der Waals surface area (Å²) in [6, 6.07) is 10.2. The van der Waals surface area contributed by atoms with Crippen LogP contribution in [0.2, 0.25) is 0 Å². The van der Waals surface area contributed by atoms with Gasteiger partial charge in [0, 0.05) is 24.9 Å². The first kappa shape index (κ1) is 24.6. The Morgan fingerprint density at radius 3 is 2.72 bits per heavy atom. The maximum atomic E-state index is 12.7. The SMILES string of the molecule is Cc1nc2ncnn2c(C)c1CCC(=O)OCC(=O)N(C)c1ccccc1C(=O)NCc1ccco1. The number of hydrogen-bond donors (Lipinski definition) is 1. The van der Waals surface area contributed by atoms with Crippen molar-refractivity contribution in [3.63, 3.8) is 0 Å². The molecule has 0 spiro atoms. The number of rotatable bonds is 9. The van der Waals surface area contributed by atoms with E-state index < -0.39 is 18.5 Å². The predicted molar refractivity (Wildman–Crippen MR) is 129 cm³/mol. The summed E-state index contributed by atoms with van der Waals surface area (Å²) in [7, 11) is 1.53. The molecule has 36 heavy (non-hydrogen) atoms. The fraction of sp³-hybridized carbons (Fsp3) is 0.280. The molecule has 1 aromatic carbocycles. The van der Waals surface area contributed by atoms with E-state index in [0.29, 0.717) is 29.2 Å². The number of carbonyl (C=O) groups excluding carboxylic acids is 3. The van der Waals surface area contributed by atoms with E-state index in [2.05, 4.69) is 20.4 Å². The Kier molecular flexibility index (Phi) is 7.38. The number of ether oxygens (including phenoxy) is 1. The highest BCUT2D eigenvalue weighted by molar-refractivity contribution is 6.05. The zero-order valence-electron chi connectivity index (χ0n) is 20.2. The number of nitrogens with zero attached hydrogens (tertiary/aromatic N) is 5. The Morgan fingerprint density at radius 2 is 1.94 bits per heavy atom. The van der Waals surface area contributed by atoms with E-state index >= 15 is 0 Å². The van der Waals surface area contributed by atoms with Crippen LogP contribution in [-0.4, -0.2) is 51.0 Å². The number of hydrogen-bond acceptors (Lipinski definition) is 8. The zero-order valence-corrected chi connectivity index (χ0v) is 20.2. The normalized spacial score (nSPS) is 10.9. The molecular weight excluding hydrogens is 464 g/mol. The first-order valence-electron chi connectivity index (χ1n) is 11.3. The topological polar surface area (TPSA) is 132 Å². The smallest absolute Gasteiger partial charge is 0.306 e. The molecule has 0 aliphatic rings. The molecule has 4 aromatic rings. The first-order valence-corrected chi connectivity index (χ1v) is 11.3. The molecular formula is C25H26N6O5. The third-order valence-corrected chi connectivity index (χ3v) is 5.81. The minimum Gasteiger partial charge on any atom is -0.467 e. The van der Waals surface area contributed by atoms with Gasteiger partial charge in [-0.2, -0.15) is 10.1 Å². The number of benzene rings is 1. The molecule has 0 aliphatic carbocycles. The van der Waals surface area contributed by atoms with E-state index in [-0.39, 0.29) is 18.9 Å². The lowest BCUT2D eigenvalue weighted by molar-refractivity contribution is -0.147. The standard InChI is InChI=1S/C25H26N6O5/c1-16-19(17(2)31-25(29-16)27-15-28-31)10-11-23(33)36-14-22(32)30(3)21-9-5-4-8-20(21)24(34)26-13-18-7-6-12-35-18/h4-9,12,15H,10-11,13-14H2,1-3H3,(H,26,34). The van der Waals surface area contributed by atoms with Gasteiger partial charge in [-0.15, -0.1) is 0 Å². The molecule has 0 bridgehead atoms. The molecule has 186 valence electrons. The van der Waals surface area contributed by atoms with Crippen LogP contribution in [0, 0.1) is 13.8 Å². The molecule has 1 N–H and O–H groups in total. The number of amides is 2. The van der Waals surface area contributed by atoms with Crippen molar-refractivity contribution in [1.82, 2.24) is 24.9 Å². The van der Waals surface area contributed by atoms with Gasteiger partial charge in [-0.1, -0.05) is 12.1 Å². The van der Waals surface area contributed by atoms with Gasteiger partial charge in [-0.25, -0.2) is 9.50 Å². The fourth-order valence-electron chi connectivity index (χ4n) is 3.82. The van der Waals surface area contributed by atoms with E-state index in [1.807, 2.05) is 13.8 Å². The van der Waals surface area contributed by atoms with Gasteiger partial charge < -0.3 is 19.4 Å². The maximum Gasteiger partial charge on any atom is 0.306 e. The van der Waals surface area contributed by atoms with E-state index in [9.17, 15) is 14.4 Å². The van der Waals surface area contributed by atoms with E-state index in [0.717, 1.165) is 17.0 Å². The van der Waals surface area contributed by atoms with Crippen LogP contribution in [0.1, 0.15) is 39.5 Å². The average Bonchev–Trinajstić information content (AvgIpc) is 3.57. The number of aromatic nitrogens is 4. The summed E-state index contributed by atoms with van der Waals surface area (Å²) in [6.07, 6.45) is 3.42. The second-order valence-electron chi connectivity index (χ2n) is 8.13. The molecule has 0 saturated heterocycles. The predicted octanol–water partition coefficient (Wildman–Crippen LogP) is 2.40. The number of furan rings is 1. The summed E-state index contributed by atoms with van der Waals surface area (Å²) in [4.78, 5) is 47.6. The molecule has 0 radical (unpaired) electrons. The first-order chi connectivity index (χ1) is 17.3. The van der Waals surface area contributed by atoms with Crippen LogP contribution >= 0.6 is 0 Å². The molecule has 0 fully saturated rings. The van der Waals surface area contributed by atoms with Crippen LogP contribution in [0.5, 0.6) is 0 Å². The summed E-state index contributed by atoms with van der Waals surface area (Å²) in [5, 5.41) is 6.91. The highest BCUT2D eigenvalue weighted by Gasteiger charge is 2.20. The van der Waals surface area contributed by atoms with Crippen molar-refractivity contribution >= 4 is 29.2 Å². The number of likely N-dealkylation sites (N-methyl/N-ethyl adjacent to an activating group) is 1. The minimum atomic E-state index is -0.515. The number of anilines is 1. The van der Waals surface area contributed by atoms with Gasteiger partial charge in [0.05, 0.1) is 24.1 Å². The van der Waals surface area contributed by atoms with E-state index in [1.165, 1.54) is 24.5 Å². The Bertz CT molecular complexity index is 1400. The third-order valence-electron chi connectivity index (χ3n) is 5.81. The fourth-order valence-corrected chi connectivity index (χ4v) is 3.82. The molecule has 11 heteroatoms. The number of fused-ring (bicyclic) bond motifs is 1. The minimum absolute atomic E-state index is 0.0757.